The summed E-state index contributed by atoms with van der Waals surface area (Å²) in [5.74, 6) is -3.43. The molecular weight excluding hydrogens is 444 g/mol. The number of phenolic OH excluding ortho intramolecular Hbond substituents is 1. The first-order valence-electron chi connectivity index (χ1n) is 8.48. The van der Waals surface area contributed by atoms with E-state index in [-0.39, 0.29) is 18.0 Å². The lowest BCUT2D eigenvalue weighted by Gasteiger charge is -2.21. The number of carbonyl (C=O) groups excluding carboxylic acids is 3. The van der Waals surface area contributed by atoms with Gasteiger partial charge in [0.2, 0.25) is 0 Å². The number of nitrogens with one attached hydrogen (secondary N) is 2. The fraction of sp³-hybridized carbons (Fsp3) is 0.471. The van der Waals surface area contributed by atoms with E-state index < -0.39 is 55.9 Å². The molecular formula is C17H23ClN2O9S. The van der Waals surface area contributed by atoms with Crippen LogP contribution < -0.4 is 10.6 Å². The van der Waals surface area contributed by atoms with E-state index in [1.54, 1.807) is 20.8 Å². The lowest BCUT2D eigenvalue weighted by molar-refractivity contribution is -0.160. The van der Waals surface area contributed by atoms with Crippen molar-refractivity contribution < 1.29 is 41.9 Å². The van der Waals surface area contributed by atoms with Crippen LogP contribution in [0.15, 0.2) is 17.0 Å². The predicted molar refractivity (Wildman–Crippen MR) is 106 cm³/mol. The second-order valence-electron chi connectivity index (χ2n) is 7.12. The standard InChI is InChI=1S/C17H23ClN2O9S/c1-17(2,3)29-13(21)5-9(15(23)28-4)8-19-16(24)20-11-6-10(18)7-12(14(11)22)30(25,26)27/h6-7,9,22H,5,8H2,1-4H3,(H2,19,20,24)(H,25,26,27). The van der Waals surface area contributed by atoms with Crippen LogP contribution in [0.4, 0.5) is 10.5 Å². The Morgan fingerprint density at radius 1 is 1.23 bits per heavy atom. The van der Waals surface area contributed by atoms with Crippen LogP contribution in [0.1, 0.15) is 27.2 Å². The van der Waals surface area contributed by atoms with E-state index in [1.165, 1.54) is 0 Å². The zero-order valence-electron chi connectivity index (χ0n) is 16.7. The number of aromatic hydroxyl groups is 1. The quantitative estimate of drug-likeness (QED) is 0.266. The van der Waals surface area contributed by atoms with Gasteiger partial charge in [0.15, 0.2) is 5.75 Å². The average molecular weight is 467 g/mol. The summed E-state index contributed by atoms with van der Waals surface area (Å²) in [4.78, 5) is 35.0. The van der Waals surface area contributed by atoms with Crippen LogP contribution in [0, 0.1) is 5.92 Å². The van der Waals surface area contributed by atoms with E-state index in [4.69, 9.17) is 20.9 Å². The normalized spacial score (nSPS) is 12.6. The van der Waals surface area contributed by atoms with Crippen molar-refractivity contribution in [1.82, 2.24) is 5.32 Å². The maximum Gasteiger partial charge on any atom is 0.319 e. The molecule has 0 aliphatic carbocycles. The van der Waals surface area contributed by atoms with Crippen molar-refractivity contribution in [2.24, 2.45) is 5.92 Å². The number of hydrogen-bond acceptors (Lipinski definition) is 8. The maximum atomic E-state index is 12.1. The molecule has 1 atom stereocenters. The van der Waals surface area contributed by atoms with Gasteiger partial charge in [0.05, 0.1) is 25.1 Å². The van der Waals surface area contributed by atoms with Gasteiger partial charge in [0.1, 0.15) is 10.5 Å². The number of rotatable bonds is 7. The highest BCUT2D eigenvalue weighted by atomic mass is 35.5. The molecule has 0 aliphatic rings. The van der Waals surface area contributed by atoms with Gasteiger partial charge in [-0.3, -0.25) is 14.1 Å². The van der Waals surface area contributed by atoms with Crippen molar-refractivity contribution in [3.05, 3.63) is 17.2 Å². The maximum absolute atomic E-state index is 12.1. The second-order valence-corrected chi connectivity index (χ2v) is 8.95. The molecule has 0 bridgehead atoms. The molecule has 2 amide bonds. The summed E-state index contributed by atoms with van der Waals surface area (Å²) < 4.78 is 41.4. The molecule has 1 aromatic rings. The molecule has 30 heavy (non-hydrogen) atoms. The van der Waals surface area contributed by atoms with Crippen LogP contribution in [0.5, 0.6) is 5.75 Å². The summed E-state index contributed by atoms with van der Waals surface area (Å²) in [6.07, 6.45) is -0.362. The predicted octanol–water partition coefficient (Wildman–Crippen LogP) is 1.93. The van der Waals surface area contributed by atoms with Crippen LogP contribution in [0.25, 0.3) is 0 Å². The Morgan fingerprint density at radius 2 is 1.83 bits per heavy atom. The van der Waals surface area contributed by atoms with Crippen molar-refractivity contribution in [3.63, 3.8) is 0 Å². The van der Waals surface area contributed by atoms with Crippen molar-refractivity contribution in [3.8, 4) is 5.75 Å². The monoisotopic (exact) mass is 466 g/mol. The SMILES string of the molecule is COC(=O)C(CNC(=O)Nc1cc(Cl)cc(S(=O)(=O)O)c1O)CC(=O)OC(C)(C)C. The van der Waals surface area contributed by atoms with E-state index in [0.29, 0.717) is 0 Å². The Hall–Kier alpha value is -2.57. The third-order valence-electron chi connectivity index (χ3n) is 3.44. The number of anilines is 1. The molecule has 13 heteroatoms. The highest BCUT2D eigenvalue weighted by molar-refractivity contribution is 7.86. The molecule has 1 rings (SSSR count). The van der Waals surface area contributed by atoms with Crippen LogP contribution in [-0.2, 0) is 29.2 Å². The molecule has 0 heterocycles. The number of hydrogen-bond donors (Lipinski definition) is 4. The summed E-state index contributed by atoms with van der Waals surface area (Å²) in [7, 11) is -3.69. The lowest BCUT2D eigenvalue weighted by atomic mass is 10.1. The fourth-order valence-electron chi connectivity index (χ4n) is 2.24. The second kappa shape index (κ2) is 9.96. The molecule has 4 N–H and O–H groups in total. The molecule has 1 unspecified atom stereocenters. The number of ether oxygens (including phenoxy) is 2. The molecule has 0 aromatic heterocycles. The van der Waals surface area contributed by atoms with E-state index >= 15 is 0 Å². The Kier molecular flexibility index (Phi) is 8.45. The van der Waals surface area contributed by atoms with Gasteiger partial charge in [0.25, 0.3) is 10.1 Å². The van der Waals surface area contributed by atoms with E-state index in [9.17, 15) is 27.9 Å². The van der Waals surface area contributed by atoms with Gasteiger partial charge in [-0.15, -0.1) is 0 Å². The minimum absolute atomic E-state index is 0.187. The highest BCUT2D eigenvalue weighted by Crippen LogP contribution is 2.34. The number of amides is 2. The summed E-state index contributed by atoms with van der Waals surface area (Å²) >= 11 is 5.74. The van der Waals surface area contributed by atoms with Gasteiger partial charge in [-0.1, -0.05) is 11.6 Å². The fourth-order valence-corrected chi connectivity index (χ4v) is 3.15. The zero-order chi connectivity index (χ0) is 23.3. The van der Waals surface area contributed by atoms with E-state index in [1.807, 2.05) is 0 Å². The largest absolute Gasteiger partial charge is 0.504 e. The minimum atomic E-state index is -4.80. The molecule has 168 valence electrons. The molecule has 0 spiro atoms. The molecule has 0 saturated heterocycles. The number of esters is 2. The lowest BCUT2D eigenvalue weighted by Crippen LogP contribution is -2.38. The number of urea groups is 1. The number of halogens is 1. The summed E-state index contributed by atoms with van der Waals surface area (Å²) in [5, 5.41) is 14.2. The first kappa shape index (κ1) is 25.5. The highest BCUT2D eigenvalue weighted by Gasteiger charge is 2.27. The van der Waals surface area contributed by atoms with Crippen molar-refractivity contribution in [2.45, 2.75) is 37.7 Å². The third kappa shape index (κ3) is 8.05. The molecule has 0 radical (unpaired) electrons. The average Bonchev–Trinajstić information content (AvgIpc) is 2.58. The van der Waals surface area contributed by atoms with Gasteiger partial charge in [0, 0.05) is 11.6 Å². The Bertz CT molecular complexity index is 926. The van der Waals surface area contributed by atoms with Gasteiger partial charge >= 0.3 is 18.0 Å². The topological polar surface area (TPSA) is 168 Å². The van der Waals surface area contributed by atoms with Gasteiger partial charge in [-0.05, 0) is 32.9 Å². The first-order valence-corrected chi connectivity index (χ1v) is 10.3. The van der Waals surface area contributed by atoms with Crippen LogP contribution in [0.2, 0.25) is 5.02 Å². The van der Waals surface area contributed by atoms with Crippen LogP contribution in [0.3, 0.4) is 0 Å². The van der Waals surface area contributed by atoms with Crippen molar-refractivity contribution in [1.29, 1.82) is 0 Å². The number of benzene rings is 1. The Morgan fingerprint density at radius 3 is 2.33 bits per heavy atom. The Labute approximate surface area is 178 Å². The van der Waals surface area contributed by atoms with Crippen molar-refractivity contribution in [2.75, 3.05) is 19.0 Å². The molecule has 0 aliphatic heterocycles. The first-order chi connectivity index (χ1) is 13.6. The summed E-state index contributed by atoms with van der Waals surface area (Å²) in [6, 6.07) is 0.888. The Balaban J connectivity index is 2.87. The van der Waals surface area contributed by atoms with E-state index in [0.717, 1.165) is 19.2 Å². The van der Waals surface area contributed by atoms with Gasteiger partial charge < -0.3 is 25.2 Å². The molecule has 11 nitrogen and oxygen atoms in total. The summed E-state index contributed by atoms with van der Waals surface area (Å²) in [5.41, 5.74) is -1.17. The zero-order valence-corrected chi connectivity index (χ0v) is 18.3. The molecule has 1 aromatic carbocycles. The van der Waals surface area contributed by atoms with Gasteiger partial charge in [-0.25, -0.2) is 4.79 Å². The minimum Gasteiger partial charge on any atom is -0.504 e. The number of methoxy groups -OCH3 is 1. The third-order valence-corrected chi connectivity index (χ3v) is 4.53. The van der Waals surface area contributed by atoms with Crippen LogP contribution >= 0.6 is 11.6 Å². The molecule has 0 fully saturated rings. The molecule has 0 saturated carbocycles. The van der Waals surface area contributed by atoms with E-state index in [2.05, 4.69) is 15.4 Å². The number of phenols is 1. The summed E-state index contributed by atoms with van der Waals surface area (Å²) in [6.45, 7) is 4.64. The van der Waals surface area contributed by atoms with Crippen LogP contribution in [-0.4, -0.2) is 55.3 Å². The number of carbonyl (C=O) groups is 3. The van der Waals surface area contributed by atoms with Gasteiger partial charge in [-0.2, -0.15) is 8.42 Å². The smallest absolute Gasteiger partial charge is 0.319 e. The van der Waals surface area contributed by atoms with Crippen molar-refractivity contribution >= 4 is 45.4 Å².